The Morgan fingerprint density at radius 3 is 2.46 bits per heavy atom. The molecule has 28 heavy (non-hydrogen) atoms. The van der Waals surface area contributed by atoms with Gasteiger partial charge in [0.25, 0.3) is 0 Å². The van der Waals surface area contributed by atoms with E-state index in [9.17, 15) is 14.0 Å². The van der Waals surface area contributed by atoms with Gasteiger partial charge in [0.15, 0.2) is 0 Å². The molecule has 0 bridgehead atoms. The number of amides is 2. The number of nitrogens with one attached hydrogen (secondary N) is 2. The van der Waals surface area contributed by atoms with Gasteiger partial charge in [-0.1, -0.05) is 48.5 Å². The Bertz CT molecular complexity index is 983. The number of hydrogen-bond donors (Lipinski definition) is 2. The first kappa shape index (κ1) is 19.5. The molecule has 0 aliphatic heterocycles. The van der Waals surface area contributed by atoms with Gasteiger partial charge in [0, 0.05) is 27.9 Å². The predicted octanol–water partition coefficient (Wildman–Crippen LogP) is 4.00. The summed E-state index contributed by atoms with van der Waals surface area (Å²) >= 11 is 1.39. The van der Waals surface area contributed by atoms with Crippen molar-refractivity contribution < 1.29 is 14.0 Å². The van der Waals surface area contributed by atoms with Gasteiger partial charge in [-0.25, -0.2) is 4.39 Å². The Balaban J connectivity index is 1.46. The SMILES string of the molecule is O=C(/C=C/c1ccc(-c2ccccc2F)s1)NCC(=O)NCc1ccccc1. The quantitative estimate of drug-likeness (QED) is 0.595. The summed E-state index contributed by atoms with van der Waals surface area (Å²) in [6, 6.07) is 19.7. The maximum absolute atomic E-state index is 13.8. The normalized spacial score (nSPS) is 10.8. The van der Waals surface area contributed by atoms with Crippen molar-refractivity contribution in [2.45, 2.75) is 6.54 Å². The molecule has 0 saturated carbocycles. The van der Waals surface area contributed by atoms with E-state index < -0.39 is 0 Å². The summed E-state index contributed by atoms with van der Waals surface area (Å²) in [4.78, 5) is 25.3. The molecule has 0 radical (unpaired) electrons. The topological polar surface area (TPSA) is 58.2 Å². The number of rotatable bonds is 7. The fourth-order valence-corrected chi connectivity index (χ4v) is 3.43. The van der Waals surface area contributed by atoms with Gasteiger partial charge < -0.3 is 10.6 Å². The molecule has 0 aliphatic carbocycles. The molecule has 1 aromatic heterocycles. The lowest BCUT2D eigenvalue weighted by Crippen LogP contribution is -2.35. The van der Waals surface area contributed by atoms with Gasteiger partial charge in [-0.3, -0.25) is 9.59 Å². The van der Waals surface area contributed by atoms with Crippen LogP contribution in [0.3, 0.4) is 0 Å². The predicted molar refractivity (Wildman–Crippen MR) is 110 cm³/mol. The van der Waals surface area contributed by atoms with Crippen molar-refractivity contribution in [3.05, 3.63) is 89.1 Å². The van der Waals surface area contributed by atoms with E-state index in [0.29, 0.717) is 12.1 Å². The molecule has 0 spiro atoms. The lowest BCUT2D eigenvalue weighted by atomic mass is 10.2. The minimum atomic E-state index is -0.365. The maximum atomic E-state index is 13.8. The molecule has 3 rings (SSSR count). The zero-order valence-corrected chi connectivity index (χ0v) is 15.8. The highest BCUT2D eigenvalue weighted by atomic mass is 32.1. The fourth-order valence-electron chi connectivity index (χ4n) is 2.49. The third kappa shape index (κ3) is 5.62. The van der Waals surface area contributed by atoms with Crippen molar-refractivity contribution in [3.63, 3.8) is 0 Å². The van der Waals surface area contributed by atoms with E-state index in [1.165, 1.54) is 23.5 Å². The Kier molecular flexibility index (Phi) is 6.70. The van der Waals surface area contributed by atoms with Crippen molar-refractivity contribution in [1.82, 2.24) is 10.6 Å². The fraction of sp³-hybridized carbons (Fsp3) is 0.0909. The van der Waals surface area contributed by atoms with Crippen LogP contribution in [0.5, 0.6) is 0 Å². The summed E-state index contributed by atoms with van der Waals surface area (Å²) in [6.45, 7) is 0.320. The monoisotopic (exact) mass is 394 g/mol. The maximum Gasteiger partial charge on any atom is 0.244 e. The molecule has 2 aromatic carbocycles. The molecular formula is C22H19FN2O2S. The third-order valence-electron chi connectivity index (χ3n) is 3.92. The summed E-state index contributed by atoms with van der Waals surface area (Å²) < 4.78 is 13.8. The number of carbonyl (C=O) groups is 2. The molecular weight excluding hydrogens is 375 g/mol. The third-order valence-corrected chi connectivity index (χ3v) is 5.00. The summed E-state index contributed by atoms with van der Waals surface area (Å²) in [6.07, 6.45) is 3.01. The second kappa shape index (κ2) is 9.62. The molecule has 4 nitrogen and oxygen atoms in total. The highest BCUT2D eigenvalue weighted by Gasteiger charge is 2.07. The van der Waals surface area contributed by atoms with Gasteiger partial charge >= 0.3 is 0 Å². The number of hydrogen-bond acceptors (Lipinski definition) is 3. The molecule has 0 aliphatic rings. The minimum absolute atomic E-state index is 0.0963. The van der Waals surface area contributed by atoms with Gasteiger partial charge in [0.2, 0.25) is 11.8 Å². The lowest BCUT2D eigenvalue weighted by Gasteiger charge is -2.05. The van der Waals surface area contributed by atoms with Crippen molar-refractivity contribution in [3.8, 4) is 10.4 Å². The summed E-state index contributed by atoms with van der Waals surface area (Å²) in [5, 5.41) is 5.29. The summed E-state index contributed by atoms with van der Waals surface area (Å²) in [5.74, 6) is -0.904. The van der Waals surface area contributed by atoms with E-state index in [1.807, 2.05) is 42.5 Å². The number of benzene rings is 2. The molecule has 0 atom stereocenters. The molecule has 3 aromatic rings. The van der Waals surface area contributed by atoms with Crippen LogP contribution in [0.4, 0.5) is 4.39 Å². The molecule has 2 amide bonds. The molecule has 6 heteroatoms. The zero-order chi connectivity index (χ0) is 19.8. The van der Waals surface area contributed by atoms with Gasteiger partial charge in [-0.2, -0.15) is 0 Å². The van der Waals surface area contributed by atoms with E-state index >= 15 is 0 Å². The van der Waals surface area contributed by atoms with Gasteiger partial charge in [-0.15, -0.1) is 11.3 Å². The Hall–Kier alpha value is -3.25. The van der Waals surface area contributed by atoms with Gasteiger partial charge in [0.1, 0.15) is 5.82 Å². The summed E-state index contributed by atoms with van der Waals surface area (Å²) in [5.41, 5.74) is 1.53. The Labute approximate surface area is 166 Å². The van der Waals surface area contributed by atoms with Crippen LogP contribution in [-0.4, -0.2) is 18.4 Å². The first-order valence-electron chi connectivity index (χ1n) is 8.73. The second-order valence-corrected chi connectivity index (χ2v) is 7.11. The van der Waals surface area contributed by atoms with Crippen LogP contribution >= 0.6 is 11.3 Å². The number of thiophene rings is 1. The van der Waals surface area contributed by atoms with E-state index in [0.717, 1.165) is 15.3 Å². The van der Waals surface area contributed by atoms with E-state index in [2.05, 4.69) is 10.6 Å². The average Bonchev–Trinajstić information content (AvgIpc) is 3.19. The molecule has 1 heterocycles. The Morgan fingerprint density at radius 2 is 1.68 bits per heavy atom. The molecule has 0 saturated heterocycles. The van der Waals surface area contributed by atoms with Crippen molar-refractivity contribution >= 4 is 29.2 Å². The van der Waals surface area contributed by atoms with Crippen molar-refractivity contribution in [2.75, 3.05) is 6.54 Å². The average molecular weight is 394 g/mol. The highest BCUT2D eigenvalue weighted by molar-refractivity contribution is 7.16. The van der Waals surface area contributed by atoms with Crippen molar-refractivity contribution in [1.29, 1.82) is 0 Å². The smallest absolute Gasteiger partial charge is 0.244 e. The van der Waals surface area contributed by atoms with Crippen LogP contribution in [0.2, 0.25) is 0 Å². The molecule has 142 valence electrons. The number of carbonyl (C=O) groups excluding carboxylic acids is 2. The van der Waals surface area contributed by atoms with Gasteiger partial charge in [0.05, 0.1) is 6.54 Å². The highest BCUT2D eigenvalue weighted by Crippen LogP contribution is 2.30. The van der Waals surface area contributed by atoms with E-state index in [-0.39, 0.29) is 24.2 Å². The van der Waals surface area contributed by atoms with Crippen LogP contribution in [0, 0.1) is 5.82 Å². The van der Waals surface area contributed by atoms with E-state index in [4.69, 9.17) is 0 Å². The van der Waals surface area contributed by atoms with Crippen LogP contribution in [0.25, 0.3) is 16.5 Å². The standard InChI is InChI=1S/C22H19FN2O2S/c23-19-9-5-4-8-18(19)20-12-10-17(28-20)11-13-21(26)25-15-22(27)24-14-16-6-2-1-3-7-16/h1-13H,14-15H2,(H,24,27)(H,25,26)/b13-11+. The first-order valence-corrected chi connectivity index (χ1v) is 9.55. The number of halogens is 1. The molecule has 2 N–H and O–H groups in total. The van der Waals surface area contributed by atoms with Crippen molar-refractivity contribution in [2.24, 2.45) is 0 Å². The van der Waals surface area contributed by atoms with Crippen LogP contribution in [0.15, 0.2) is 72.8 Å². The van der Waals surface area contributed by atoms with Gasteiger partial charge in [-0.05, 0) is 29.8 Å². The zero-order valence-electron chi connectivity index (χ0n) is 15.0. The van der Waals surface area contributed by atoms with Crippen LogP contribution in [0.1, 0.15) is 10.4 Å². The molecule has 0 unspecified atom stereocenters. The Morgan fingerprint density at radius 1 is 0.929 bits per heavy atom. The lowest BCUT2D eigenvalue weighted by molar-refractivity contribution is -0.124. The minimum Gasteiger partial charge on any atom is -0.350 e. The van der Waals surface area contributed by atoms with Crippen LogP contribution in [-0.2, 0) is 16.1 Å². The first-order chi connectivity index (χ1) is 13.6. The summed E-state index contributed by atoms with van der Waals surface area (Å²) in [7, 11) is 0. The molecule has 0 fully saturated rings. The van der Waals surface area contributed by atoms with E-state index in [1.54, 1.807) is 24.3 Å². The second-order valence-electron chi connectivity index (χ2n) is 6.00. The largest absolute Gasteiger partial charge is 0.350 e. The van der Waals surface area contributed by atoms with Crippen LogP contribution < -0.4 is 10.6 Å².